The van der Waals surface area contributed by atoms with Gasteiger partial charge in [-0.2, -0.15) is 0 Å². The van der Waals surface area contributed by atoms with E-state index in [9.17, 15) is 19.1 Å². The SMILES string of the molecule is COc1cc(/C(O)=C2\C(=O)C(=O)N(c3cccc(F)c3)C2c2cccnc2)ccc1Cl. The molecular formula is C23H16ClFN2O4. The van der Waals surface area contributed by atoms with Crippen molar-refractivity contribution >= 4 is 34.7 Å². The largest absolute Gasteiger partial charge is 0.507 e. The van der Waals surface area contributed by atoms with Gasteiger partial charge in [0.05, 0.1) is 23.7 Å². The maximum Gasteiger partial charge on any atom is 0.300 e. The first-order valence-corrected chi connectivity index (χ1v) is 9.60. The van der Waals surface area contributed by atoms with Gasteiger partial charge in [-0.1, -0.05) is 23.7 Å². The van der Waals surface area contributed by atoms with E-state index in [4.69, 9.17) is 16.3 Å². The van der Waals surface area contributed by atoms with Gasteiger partial charge >= 0.3 is 0 Å². The van der Waals surface area contributed by atoms with Gasteiger partial charge in [0, 0.05) is 23.6 Å². The van der Waals surface area contributed by atoms with Crippen LogP contribution in [0.3, 0.4) is 0 Å². The van der Waals surface area contributed by atoms with Crippen molar-refractivity contribution in [2.24, 2.45) is 0 Å². The third kappa shape index (κ3) is 3.64. The lowest BCUT2D eigenvalue weighted by Crippen LogP contribution is -2.29. The van der Waals surface area contributed by atoms with Gasteiger partial charge in [0.15, 0.2) is 0 Å². The summed E-state index contributed by atoms with van der Waals surface area (Å²) in [6.45, 7) is 0. The molecule has 4 rings (SSSR count). The molecule has 1 N–H and O–H groups in total. The molecule has 6 nitrogen and oxygen atoms in total. The summed E-state index contributed by atoms with van der Waals surface area (Å²) >= 11 is 6.06. The summed E-state index contributed by atoms with van der Waals surface area (Å²) in [5.41, 5.74) is 0.760. The van der Waals surface area contributed by atoms with Gasteiger partial charge in [-0.05, 0) is 48.0 Å². The molecule has 1 atom stereocenters. The number of nitrogens with zero attached hydrogens (tertiary/aromatic N) is 2. The molecule has 1 fully saturated rings. The number of hydrogen-bond donors (Lipinski definition) is 1. The molecule has 156 valence electrons. The van der Waals surface area contributed by atoms with Crippen molar-refractivity contribution in [3.8, 4) is 5.75 Å². The third-order valence-corrected chi connectivity index (χ3v) is 5.27. The summed E-state index contributed by atoms with van der Waals surface area (Å²) in [7, 11) is 1.42. The van der Waals surface area contributed by atoms with E-state index in [-0.39, 0.29) is 16.8 Å². The zero-order chi connectivity index (χ0) is 22.1. The van der Waals surface area contributed by atoms with Crippen LogP contribution in [0.5, 0.6) is 5.75 Å². The number of aromatic nitrogens is 1. The smallest absolute Gasteiger partial charge is 0.300 e. The van der Waals surface area contributed by atoms with E-state index in [1.807, 2.05) is 0 Å². The predicted octanol–water partition coefficient (Wildman–Crippen LogP) is 4.51. The molecular weight excluding hydrogens is 423 g/mol. The van der Waals surface area contributed by atoms with Crippen LogP contribution in [0.4, 0.5) is 10.1 Å². The molecule has 1 amide bonds. The molecule has 2 heterocycles. The Hall–Kier alpha value is -3.71. The average Bonchev–Trinajstić information content (AvgIpc) is 3.05. The monoisotopic (exact) mass is 438 g/mol. The van der Waals surface area contributed by atoms with Gasteiger partial charge in [-0.15, -0.1) is 0 Å². The van der Waals surface area contributed by atoms with E-state index in [0.29, 0.717) is 16.3 Å². The number of rotatable bonds is 4. The molecule has 2 aromatic carbocycles. The average molecular weight is 439 g/mol. The zero-order valence-electron chi connectivity index (χ0n) is 16.3. The normalized spacial score (nSPS) is 17.8. The lowest BCUT2D eigenvalue weighted by molar-refractivity contribution is -0.132. The highest BCUT2D eigenvalue weighted by molar-refractivity contribution is 6.51. The van der Waals surface area contributed by atoms with E-state index in [2.05, 4.69) is 4.98 Å². The molecule has 1 aliphatic rings. The van der Waals surface area contributed by atoms with Crippen LogP contribution in [0.2, 0.25) is 5.02 Å². The molecule has 8 heteroatoms. The number of amides is 1. The number of aliphatic hydroxyl groups is 1. The Labute approximate surface area is 182 Å². The van der Waals surface area contributed by atoms with Crippen molar-refractivity contribution < 1.29 is 23.8 Å². The van der Waals surface area contributed by atoms with Gasteiger partial charge in [0.2, 0.25) is 0 Å². The van der Waals surface area contributed by atoms with Crippen LogP contribution in [-0.4, -0.2) is 28.9 Å². The fourth-order valence-electron chi connectivity index (χ4n) is 3.54. The standard InChI is InChI=1S/C23H16ClFN2O4/c1-31-18-10-13(7-8-17(18)24)21(28)19-20(14-4-3-9-26-12-14)27(23(30)22(19)29)16-6-2-5-15(25)11-16/h2-12,20,28H,1H3/b21-19+. The summed E-state index contributed by atoms with van der Waals surface area (Å²) < 4.78 is 19.1. The second-order valence-corrected chi connectivity index (χ2v) is 7.19. The van der Waals surface area contributed by atoms with E-state index in [1.165, 1.54) is 49.7 Å². The maximum absolute atomic E-state index is 13.9. The molecule has 31 heavy (non-hydrogen) atoms. The number of carbonyl (C=O) groups excluding carboxylic acids is 2. The van der Waals surface area contributed by atoms with Crippen molar-refractivity contribution in [1.82, 2.24) is 4.98 Å². The minimum atomic E-state index is -1.00. The fourth-order valence-corrected chi connectivity index (χ4v) is 3.74. The first-order valence-electron chi connectivity index (χ1n) is 9.22. The topological polar surface area (TPSA) is 79.7 Å². The summed E-state index contributed by atoms with van der Waals surface area (Å²) in [6.07, 6.45) is 3.03. The minimum absolute atomic E-state index is 0.147. The lowest BCUT2D eigenvalue weighted by atomic mass is 9.96. The van der Waals surface area contributed by atoms with Crippen molar-refractivity contribution in [2.45, 2.75) is 6.04 Å². The van der Waals surface area contributed by atoms with Crippen LogP contribution in [0, 0.1) is 5.82 Å². The first kappa shape index (κ1) is 20.6. The molecule has 1 aliphatic heterocycles. The summed E-state index contributed by atoms with van der Waals surface area (Å²) in [4.78, 5) is 31.2. The number of methoxy groups -OCH3 is 1. The van der Waals surface area contributed by atoms with Crippen LogP contribution < -0.4 is 9.64 Å². The summed E-state index contributed by atoms with van der Waals surface area (Å²) in [5.74, 6) is -2.46. The molecule has 0 saturated carbocycles. The molecule has 0 radical (unpaired) electrons. The number of pyridine rings is 1. The Balaban J connectivity index is 1.95. The van der Waals surface area contributed by atoms with E-state index in [1.54, 1.807) is 18.3 Å². The quantitative estimate of drug-likeness (QED) is 0.368. The van der Waals surface area contributed by atoms with E-state index in [0.717, 1.165) is 11.0 Å². The van der Waals surface area contributed by atoms with Crippen molar-refractivity contribution in [1.29, 1.82) is 0 Å². The maximum atomic E-state index is 13.9. The van der Waals surface area contributed by atoms with Crippen LogP contribution in [0.1, 0.15) is 17.2 Å². The minimum Gasteiger partial charge on any atom is -0.507 e. The molecule has 0 bridgehead atoms. The Morgan fingerprint density at radius 3 is 2.65 bits per heavy atom. The molecule has 1 unspecified atom stereocenters. The predicted molar refractivity (Wildman–Crippen MR) is 113 cm³/mol. The van der Waals surface area contributed by atoms with Gasteiger partial charge in [-0.3, -0.25) is 19.5 Å². The fraction of sp³-hybridized carbons (Fsp3) is 0.0870. The number of anilines is 1. The number of carbonyl (C=O) groups is 2. The number of hydrogen-bond acceptors (Lipinski definition) is 5. The molecule has 0 spiro atoms. The second-order valence-electron chi connectivity index (χ2n) is 6.78. The lowest BCUT2D eigenvalue weighted by Gasteiger charge is -2.25. The van der Waals surface area contributed by atoms with Gasteiger partial charge < -0.3 is 9.84 Å². The number of aliphatic hydroxyl groups excluding tert-OH is 1. The highest BCUT2D eigenvalue weighted by Crippen LogP contribution is 2.42. The van der Waals surface area contributed by atoms with Crippen molar-refractivity contribution in [2.75, 3.05) is 12.0 Å². The Morgan fingerprint density at radius 2 is 1.97 bits per heavy atom. The van der Waals surface area contributed by atoms with E-state index >= 15 is 0 Å². The zero-order valence-corrected chi connectivity index (χ0v) is 17.0. The number of ketones is 1. The van der Waals surface area contributed by atoms with E-state index < -0.39 is 29.3 Å². The summed E-state index contributed by atoms with van der Waals surface area (Å²) in [5, 5.41) is 11.4. The molecule has 3 aromatic rings. The molecule has 1 saturated heterocycles. The van der Waals surface area contributed by atoms with Crippen LogP contribution in [0.15, 0.2) is 72.6 Å². The Bertz CT molecular complexity index is 1210. The van der Waals surface area contributed by atoms with Crippen LogP contribution in [0.25, 0.3) is 5.76 Å². The van der Waals surface area contributed by atoms with Crippen molar-refractivity contribution in [3.05, 3.63) is 94.5 Å². The van der Waals surface area contributed by atoms with Crippen LogP contribution in [-0.2, 0) is 9.59 Å². The van der Waals surface area contributed by atoms with Crippen LogP contribution >= 0.6 is 11.6 Å². The van der Waals surface area contributed by atoms with Gasteiger partial charge in [-0.25, -0.2) is 4.39 Å². The van der Waals surface area contributed by atoms with Gasteiger partial charge in [0.25, 0.3) is 11.7 Å². The van der Waals surface area contributed by atoms with Crippen molar-refractivity contribution in [3.63, 3.8) is 0 Å². The third-order valence-electron chi connectivity index (χ3n) is 4.96. The molecule has 1 aromatic heterocycles. The Kier molecular flexibility index (Phi) is 5.44. The highest BCUT2D eigenvalue weighted by atomic mass is 35.5. The summed E-state index contributed by atoms with van der Waals surface area (Å²) in [6, 6.07) is 12.1. The highest BCUT2D eigenvalue weighted by Gasteiger charge is 2.47. The second kappa shape index (κ2) is 8.20. The number of halogens is 2. The number of Topliss-reactive ketones (excluding diaryl/α,β-unsaturated/α-hetero) is 1. The van der Waals surface area contributed by atoms with Gasteiger partial charge in [0.1, 0.15) is 17.3 Å². The molecule has 0 aliphatic carbocycles. The Morgan fingerprint density at radius 1 is 1.16 bits per heavy atom. The first-order chi connectivity index (χ1) is 14.9. The number of benzene rings is 2. The number of ether oxygens (including phenoxy) is 1.